The van der Waals surface area contributed by atoms with Gasteiger partial charge in [-0.25, -0.2) is 0 Å². The Hall–Kier alpha value is 0.240. The van der Waals surface area contributed by atoms with E-state index in [1.165, 1.54) is 0 Å². The lowest BCUT2D eigenvalue weighted by molar-refractivity contribution is 0.411. The summed E-state index contributed by atoms with van der Waals surface area (Å²) in [6, 6.07) is 0. The molecule has 1 N–H and O–H groups in total. The van der Waals surface area contributed by atoms with Gasteiger partial charge in [-0.2, -0.15) is 0 Å². The van der Waals surface area contributed by atoms with Gasteiger partial charge in [-0.1, -0.05) is 33.0 Å². The Balaban J connectivity index is 3.39. The Morgan fingerprint density at radius 3 is 2.11 bits per heavy atom. The highest BCUT2D eigenvalue weighted by Gasteiger charge is 2.08. The van der Waals surface area contributed by atoms with Crippen molar-refractivity contribution in [2.75, 3.05) is 6.54 Å². The molecule has 0 saturated heterocycles. The van der Waals surface area contributed by atoms with Gasteiger partial charge in [0.1, 0.15) is 4.32 Å². The molecule has 0 unspecified atom stereocenters. The largest absolute Gasteiger partial charge is 0.371 e. The van der Waals surface area contributed by atoms with Crippen LogP contribution in [-0.2, 0) is 0 Å². The van der Waals surface area contributed by atoms with Crippen molar-refractivity contribution < 1.29 is 0 Å². The number of nitrogens with one attached hydrogen (secondary N) is 1. The first kappa shape index (κ1) is 9.24. The van der Waals surface area contributed by atoms with Crippen molar-refractivity contribution in [2.24, 2.45) is 5.41 Å². The van der Waals surface area contributed by atoms with E-state index >= 15 is 0 Å². The van der Waals surface area contributed by atoms with E-state index in [0.29, 0.717) is 4.32 Å². The fraction of sp³-hybridized carbons (Fsp3) is 0.833. The topological polar surface area (TPSA) is 12.0 Å². The average Bonchev–Trinajstić information content (AvgIpc) is 1.59. The first-order valence-corrected chi connectivity index (χ1v) is 3.74. The van der Waals surface area contributed by atoms with Crippen LogP contribution in [0.5, 0.6) is 0 Å². The van der Waals surface area contributed by atoms with Gasteiger partial charge in [0.15, 0.2) is 0 Å². The third kappa shape index (κ3) is 8.24. The molecule has 0 fully saturated rings. The van der Waals surface area contributed by atoms with Crippen molar-refractivity contribution in [3.8, 4) is 0 Å². The van der Waals surface area contributed by atoms with Gasteiger partial charge < -0.3 is 5.32 Å². The van der Waals surface area contributed by atoms with Crippen LogP contribution in [0.1, 0.15) is 20.8 Å². The zero-order chi connectivity index (χ0) is 7.49. The van der Waals surface area contributed by atoms with Crippen LogP contribution in [0.25, 0.3) is 0 Å². The number of thiol groups is 1. The molecular formula is C6H13NS2. The van der Waals surface area contributed by atoms with Gasteiger partial charge in [-0.3, -0.25) is 0 Å². The Morgan fingerprint density at radius 2 is 2.00 bits per heavy atom. The van der Waals surface area contributed by atoms with Crippen LogP contribution in [0.15, 0.2) is 0 Å². The van der Waals surface area contributed by atoms with E-state index in [1.807, 2.05) is 0 Å². The highest BCUT2D eigenvalue weighted by atomic mass is 32.1. The van der Waals surface area contributed by atoms with E-state index in [4.69, 9.17) is 12.2 Å². The lowest BCUT2D eigenvalue weighted by Crippen LogP contribution is -2.28. The van der Waals surface area contributed by atoms with Crippen LogP contribution in [0.2, 0.25) is 0 Å². The molecular weight excluding hydrogens is 150 g/mol. The van der Waals surface area contributed by atoms with Crippen LogP contribution in [0.4, 0.5) is 0 Å². The van der Waals surface area contributed by atoms with Crippen LogP contribution in [0.3, 0.4) is 0 Å². The van der Waals surface area contributed by atoms with E-state index in [9.17, 15) is 0 Å². The van der Waals surface area contributed by atoms with Crippen molar-refractivity contribution in [1.29, 1.82) is 0 Å². The minimum Gasteiger partial charge on any atom is -0.371 e. The number of hydrogen-bond acceptors (Lipinski definition) is 1. The number of thiocarbonyl (C=S) groups is 1. The standard InChI is InChI=1S/C6H13NS2/c1-6(2,3)4-7-5(8)9/h4H2,1-3H3,(H2,7,8,9). The van der Waals surface area contributed by atoms with Crippen LogP contribution in [-0.4, -0.2) is 10.9 Å². The molecule has 0 heterocycles. The van der Waals surface area contributed by atoms with Crippen molar-refractivity contribution in [3.05, 3.63) is 0 Å². The molecule has 54 valence electrons. The van der Waals surface area contributed by atoms with Crippen LogP contribution in [0, 0.1) is 5.41 Å². The van der Waals surface area contributed by atoms with Gasteiger partial charge >= 0.3 is 0 Å². The molecule has 0 aliphatic rings. The summed E-state index contributed by atoms with van der Waals surface area (Å²) in [6.07, 6.45) is 0. The summed E-state index contributed by atoms with van der Waals surface area (Å²) in [5.41, 5.74) is 0.285. The van der Waals surface area contributed by atoms with Crippen molar-refractivity contribution in [3.63, 3.8) is 0 Å². The predicted molar refractivity (Wildman–Crippen MR) is 49.0 cm³/mol. The van der Waals surface area contributed by atoms with Gasteiger partial charge in [0, 0.05) is 6.54 Å². The first-order chi connectivity index (χ1) is 3.92. The summed E-state index contributed by atoms with van der Waals surface area (Å²) in [5, 5.41) is 2.98. The second kappa shape index (κ2) is 3.42. The van der Waals surface area contributed by atoms with E-state index in [2.05, 4.69) is 38.7 Å². The molecule has 0 rings (SSSR count). The molecule has 0 atom stereocenters. The molecule has 0 spiro atoms. The summed E-state index contributed by atoms with van der Waals surface area (Å²) in [7, 11) is 0. The van der Waals surface area contributed by atoms with Gasteiger partial charge in [0.05, 0.1) is 0 Å². The summed E-state index contributed by atoms with van der Waals surface area (Å²) in [5.74, 6) is 0. The third-order valence-corrected chi connectivity index (χ3v) is 1.07. The smallest absolute Gasteiger partial charge is 0.130 e. The molecule has 0 radical (unpaired) electrons. The second-order valence-electron chi connectivity index (χ2n) is 3.22. The van der Waals surface area contributed by atoms with Crippen molar-refractivity contribution >= 4 is 29.2 Å². The molecule has 0 aliphatic heterocycles. The highest BCUT2D eigenvalue weighted by Crippen LogP contribution is 2.10. The molecule has 1 nitrogen and oxygen atoms in total. The molecule has 0 saturated carbocycles. The van der Waals surface area contributed by atoms with Crippen LogP contribution < -0.4 is 5.32 Å². The first-order valence-electron chi connectivity index (χ1n) is 2.88. The molecule has 0 bridgehead atoms. The minimum absolute atomic E-state index is 0.285. The van der Waals surface area contributed by atoms with E-state index < -0.39 is 0 Å². The zero-order valence-electron chi connectivity index (χ0n) is 6.06. The lowest BCUT2D eigenvalue weighted by atomic mass is 9.97. The number of rotatable bonds is 1. The maximum absolute atomic E-state index is 4.72. The normalized spacial score (nSPS) is 11.1. The molecule has 0 aliphatic carbocycles. The summed E-state index contributed by atoms with van der Waals surface area (Å²) >= 11 is 8.65. The fourth-order valence-electron chi connectivity index (χ4n) is 0.341. The Kier molecular flexibility index (Phi) is 3.51. The second-order valence-corrected chi connectivity index (χ2v) is 4.38. The number of hydrogen-bond donors (Lipinski definition) is 2. The Morgan fingerprint density at radius 1 is 1.56 bits per heavy atom. The highest BCUT2D eigenvalue weighted by molar-refractivity contribution is 8.11. The van der Waals surface area contributed by atoms with E-state index in [-0.39, 0.29) is 5.41 Å². The molecule has 3 heteroatoms. The van der Waals surface area contributed by atoms with Crippen LogP contribution >= 0.6 is 24.8 Å². The fourth-order valence-corrected chi connectivity index (χ4v) is 0.492. The Bertz CT molecular complexity index is 104. The predicted octanol–water partition coefficient (Wildman–Crippen LogP) is 1.84. The monoisotopic (exact) mass is 163 g/mol. The zero-order valence-corrected chi connectivity index (χ0v) is 7.77. The maximum Gasteiger partial charge on any atom is 0.130 e. The Labute approximate surface area is 67.6 Å². The SMILES string of the molecule is CC(C)(C)CNC(=S)S. The average molecular weight is 163 g/mol. The molecule has 9 heavy (non-hydrogen) atoms. The summed E-state index contributed by atoms with van der Waals surface area (Å²) in [6.45, 7) is 7.32. The summed E-state index contributed by atoms with van der Waals surface area (Å²) < 4.78 is 0.574. The van der Waals surface area contributed by atoms with E-state index in [0.717, 1.165) is 6.54 Å². The molecule has 0 aromatic heterocycles. The van der Waals surface area contributed by atoms with Gasteiger partial charge in [-0.15, -0.1) is 12.6 Å². The van der Waals surface area contributed by atoms with Gasteiger partial charge in [-0.05, 0) is 5.41 Å². The van der Waals surface area contributed by atoms with Gasteiger partial charge in [0.2, 0.25) is 0 Å². The van der Waals surface area contributed by atoms with Crippen molar-refractivity contribution in [2.45, 2.75) is 20.8 Å². The molecule has 0 aromatic carbocycles. The quantitative estimate of drug-likeness (QED) is 0.452. The van der Waals surface area contributed by atoms with Gasteiger partial charge in [0.25, 0.3) is 0 Å². The molecule has 0 aromatic rings. The maximum atomic E-state index is 4.72. The van der Waals surface area contributed by atoms with Crippen molar-refractivity contribution in [1.82, 2.24) is 5.32 Å². The van der Waals surface area contributed by atoms with E-state index in [1.54, 1.807) is 0 Å². The molecule has 0 amide bonds. The summed E-state index contributed by atoms with van der Waals surface area (Å²) in [4.78, 5) is 0. The minimum atomic E-state index is 0.285. The lowest BCUT2D eigenvalue weighted by Gasteiger charge is -2.18. The third-order valence-electron chi connectivity index (χ3n) is 0.770.